The molecule has 2 aliphatic rings. The van der Waals surface area contributed by atoms with Crippen molar-refractivity contribution in [1.29, 1.82) is 0 Å². The minimum absolute atomic E-state index is 0.0549. The third-order valence-electron chi connectivity index (χ3n) is 3.48. The maximum absolute atomic E-state index is 13.2. The Labute approximate surface area is 137 Å². The third kappa shape index (κ3) is 3.47. The number of hydrogen-bond acceptors (Lipinski definition) is 3. The van der Waals surface area contributed by atoms with E-state index in [0.29, 0.717) is 16.2 Å². The number of ether oxygens (including phenoxy) is 2. The van der Waals surface area contributed by atoms with Crippen LogP contribution in [0.2, 0.25) is 0 Å². The SMILES string of the molecule is COC(=O)C1=C(C(F)(F)F)OC2=CC(C(C)(C)C)=C(Cl)CC2=C1. The van der Waals surface area contributed by atoms with E-state index in [4.69, 9.17) is 16.3 Å². The van der Waals surface area contributed by atoms with Gasteiger partial charge < -0.3 is 9.47 Å². The fraction of sp³-hybridized carbons (Fsp3) is 0.438. The van der Waals surface area contributed by atoms with Gasteiger partial charge in [0.25, 0.3) is 0 Å². The number of methoxy groups -OCH3 is 1. The lowest BCUT2D eigenvalue weighted by Gasteiger charge is -2.30. The van der Waals surface area contributed by atoms with Gasteiger partial charge in [0.2, 0.25) is 5.76 Å². The second-order valence-electron chi connectivity index (χ2n) is 6.26. The molecule has 23 heavy (non-hydrogen) atoms. The number of allylic oxidation sites excluding steroid dienone is 5. The van der Waals surface area contributed by atoms with Crippen LogP contribution in [-0.2, 0) is 14.3 Å². The summed E-state index contributed by atoms with van der Waals surface area (Å²) in [6.45, 7) is 5.71. The Kier molecular flexibility index (Phi) is 4.41. The van der Waals surface area contributed by atoms with Crippen LogP contribution in [0.4, 0.5) is 13.2 Å². The summed E-state index contributed by atoms with van der Waals surface area (Å²) in [6, 6.07) is 0. The van der Waals surface area contributed by atoms with Crippen LogP contribution in [0.25, 0.3) is 0 Å². The predicted molar refractivity (Wildman–Crippen MR) is 79.3 cm³/mol. The van der Waals surface area contributed by atoms with Crippen LogP contribution in [0.1, 0.15) is 27.2 Å². The van der Waals surface area contributed by atoms with Gasteiger partial charge in [0.1, 0.15) is 11.3 Å². The molecule has 0 fully saturated rings. The molecule has 1 aliphatic heterocycles. The molecule has 0 atom stereocenters. The largest absolute Gasteiger partial charge is 0.465 e. The lowest BCUT2D eigenvalue weighted by Crippen LogP contribution is -2.25. The van der Waals surface area contributed by atoms with E-state index < -0.39 is 23.5 Å². The predicted octanol–water partition coefficient (Wildman–Crippen LogP) is 4.76. The fourth-order valence-electron chi connectivity index (χ4n) is 2.37. The van der Waals surface area contributed by atoms with Crippen LogP contribution < -0.4 is 0 Å². The van der Waals surface area contributed by atoms with Gasteiger partial charge in [-0.15, -0.1) is 0 Å². The van der Waals surface area contributed by atoms with Crippen molar-refractivity contribution in [3.05, 3.63) is 45.4 Å². The van der Waals surface area contributed by atoms with Crippen molar-refractivity contribution in [3.63, 3.8) is 0 Å². The van der Waals surface area contributed by atoms with Gasteiger partial charge in [0.15, 0.2) is 0 Å². The van der Waals surface area contributed by atoms with Gasteiger partial charge in [-0.3, -0.25) is 0 Å². The first-order valence-corrected chi connectivity index (χ1v) is 7.22. The first-order valence-electron chi connectivity index (χ1n) is 6.84. The number of rotatable bonds is 1. The maximum atomic E-state index is 13.2. The first kappa shape index (κ1) is 17.7. The van der Waals surface area contributed by atoms with Crippen LogP contribution in [0, 0.1) is 5.41 Å². The monoisotopic (exact) mass is 348 g/mol. The van der Waals surface area contributed by atoms with Crippen LogP contribution in [-0.4, -0.2) is 19.3 Å². The molecule has 0 aromatic heterocycles. The van der Waals surface area contributed by atoms with E-state index in [-0.39, 0.29) is 17.6 Å². The average Bonchev–Trinajstić information content (AvgIpc) is 2.42. The van der Waals surface area contributed by atoms with Gasteiger partial charge in [0.05, 0.1) is 7.11 Å². The molecule has 0 unspecified atom stereocenters. The summed E-state index contributed by atoms with van der Waals surface area (Å²) < 4.78 is 48.9. The molecule has 126 valence electrons. The van der Waals surface area contributed by atoms with Crippen molar-refractivity contribution >= 4 is 17.6 Å². The molecule has 0 aromatic carbocycles. The van der Waals surface area contributed by atoms with Gasteiger partial charge in [-0.1, -0.05) is 32.4 Å². The zero-order valence-electron chi connectivity index (χ0n) is 13.1. The molecule has 0 saturated carbocycles. The molecular weight excluding hydrogens is 333 g/mol. The molecule has 0 amide bonds. The highest BCUT2D eigenvalue weighted by atomic mass is 35.5. The summed E-state index contributed by atoms with van der Waals surface area (Å²) in [5.74, 6) is -2.42. The van der Waals surface area contributed by atoms with Crippen LogP contribution >= 0.6 is 11.6 Å². The summed E-state index contributed by atoms with van der Waals surface area (Å²) in [6.07, 6.45) is -1.98. The molecule has 0 N–H and O–H groups in total. The first-order chi connectivity index (χ1) is 10.4. The van der Waals surface area contributed by atoms with E-state index in [2.05, 4.69) is 4.74 Å². The van der Waals surface area contributed by atoms with Gasteiger partial charge in [0, 0.05) is 17.0 Å². The molecule has 7 heteroatoms. The fourth-order valence-corrected chi connectivity index (χ4v) is 2.85. The van der Waals surface area contributed by atoms with Crippen LogP contribution in [0.3, 0.4) is 0 Å². The topological polar surface area (TPSA) is 35.5 Å². The smallest absolute Gasteiger partial charge is 0.450 e. The Morgan fingerprint density at radius 1 is 1.26 bits per heavy atom. The van der Waals surface area contributed by atoms with Crippen LogP contribution in [0.5, 0.6) is 0 Å². The summed E-state index contributed by atoms with van der Waals surface area (Å²) in [7, 11) is 1.01. The van der Waals surface area contributed by atoms with Crippen LogP contribution in [0.15, 0.2) is 45.4 Å². The number of carbonyl (C=O) groups excluding carboxylic acids is 1. The Bertz CT molecular complexity index is 674. The standard InChI is InChI=1S/C16H16ClF3O3/c1-15(2,3)10-7-12-8(6-11(10)17)5-9(14(21)22-4)13(23-12)16(18,19)20/h5,7H,6H2,1-4H3. The molecule has 1 aliphatic carbocycles. The molecule has 1 heterocycles. The van der Waals surface area contributed by atoms with Crippen molar-refractivity contribution in [1.82, 2.24) is 0 Å². The van der Waals surface area contributed by atoms with Crippen molar-refractivity contribution in [2.75, 3.05) is 7.11 Å². The Balaban J connectivity index is 2.54. The molecule has 0 spiro atoms. The molecule has 0 radical (unpaired) electrons. The van der Waals surface area contributed by atoms with Gasteiger partial charge in [-0.25, -0.2) is 4.79 Å². The van der Waals surface area contributed by atoms with E-state index in [1.54, 1.807) is 0 Å². The minimum Gasteiger partial charge on any atom is -0.465 e. The zero-order valence-corrected chi connectivity index (χ0v) is 13.9. The third-order valence-corrected chi connectivity index (χ3v) is 3.81. The van der Waals surface area contributed by atoms with Gasteiger partial charge >= 0.3 is 12.1 Å². The lowest BCUT2D eigenvalue weighted by atomic mass is 9.81. The number of fused-ring (bicyclic) bond motifs is 1. The van der Waals surface area contributed by atoms with Gasteiger partial charge in [-0.05, 0) is 23.1 Å². The van der Waals surface area contributed by atoms with E-state index >= 15 is 0 Å². The second-order valence-corrected chi connectivity index (χ2v) is 6.71. The number of carbonyl (C=O) groups is 1. The number of halogens is 4. The Hall–Kier alpha value is -1.69. The maximum Gasteiger partial charge on any atom is 0.450 e. The summed E-state index contributed by atoms with van der Waals surface area (Å²) >= 11 is 6.26. The minimum atomic E-state index is -4.81. The zero-order chi connectivity index (χ0) is 17.6. The summed E-state index contributed by atoms with van der Waals surface area (Å²) in [5.41, 5.74) is 0.116. The highest BCUT2D eigenvalue weighted by molar-refractivity contribution is 6.30. The Morgan fingerprint density at radius 3 is 2.35 bits per heavy atom. The lowest BCUT2D eigenvalue weighted by molar-refractivity contribution is -0.141. The van der Waals surface area contributed by atoms with E-state index in [0.717, 1.165) is 13.2 Å². The highest BCUT2D eigenvalue weighted by Crippen LogP contribution is 2.45. The molecular formula is C16H16ClF3O3. The second kappa shape index (κ2) is 5.74. The molecule has 0 bridgehead atoms. The van der Waals surface area contributed by atoms with Crippen molar-refractivity contribution in [2.45, 2.75) is 33.4 Å². The van der Waals surface area contributed by atoms with E-state index in [9.17, 15) is 18.0 Å². The number of alkyl halides is 3. The molecule has 0 aromatic rings. The summed E-state index contributed by atoms with van der Waals surface area (Å²) in [5, 5.41) is 0.510. The van der Waals surface area contributed by atoms with Crippen molar-refractivity contribution in [3.8, 4) is 0 Å². The molecule has 0 saturated heterocycles. The Morgan fingerprint density at radius 2 is 1.87 bits per heavy atom. The van der Waals surface area contributed by atoms with Gasteiger partial charge in [-0.2, -0.15) is 13.2 Å². The molecule has 3 nitrogen and oxygen atoms in total. The average molecular weight is 349 g/mol. The molecule has 2 rings (SSSR count). The quantitative estimate of drug-likeness (QED) is 0.641. The number of hydrogen-bond donors (Lipinski definition) is 0. The van der Waals surface area contributed by atoms with Crippen molar-refractivity contribution in [2.24, 2.45) is 5.41 Å². The highest BCUT2D eigenvalue weighted by Gasteiger charge is 2.44. The van der Waals surface area contributed by atoms with Crippen molar-refractivity contribution < 1.29 is 27.4 Å². The van der Waals surface area contributed by atoms with E-state index in [1.807, 2.05) is 20.8 Å². The number of esters is 1. The summed E-state index contributed by atoms with van der Waals surface area (Å²) in [4.78, 5) is 11.6. The van der Waals surface area contributed by atoms with E-state index in [1.165, 1.54) is 6.08 Å². The normalized spacial score (nSPS) is 19.0.